The summed E-state index contributed by atoms with van der Waals surface area (Å²) in [6, 6.07) is 11.9. The van der Waals surface area contributed by atoms with Gasteiger partial charge in [-0.3, -0.25) is 9.78 Å². The topological polar surface area (TPSA) is 73.4 Å². The van der Waals surface area contributed by atoms with Crippen molar-refractivity contribution in [2.75, 3.05) is 31.1 Å². The first-order valence-electron chi connectivity index (χ1n) is 9.53. The molecular formula is C22H22N4O2. The van der Waals surface area contributed by atoms with E-state index in [-0.39, 0.29) is 5.91 Å². The van der Waals surface area contributed by atoms with Crippen molar-refractivity contribution < 1.29 is 9.21 Å². The number of para-hydroxylation sites is 1. The zero-order chi connectivity index (χ0) is 19.7. The largest absolute Gasteiger partial charge is 0.456 e. The van der Waals surface area contributed by atoms with E-state index in [9.17, 15) is 10.1 Å². The van der Waals surface area contributed by atoms with E-state index in [1.54, 1.807) is 6.20 Å². The number of hydrogen-bond donors (Lipinski definition) is 0. The van der Waals surface area contributed by atoms with Crippen molar-refractivity contribution in [3.8, 4) is 6.07 Å². The number of rotatable bonds is 3. The van der Waals surface area contributed by atoms with Gasteiger partial charge in [-0.1, -0.05) is 25.1 Å². The van der Waals surface area contributed by atoms with E-state index in [4.69, 9.17) is 4.42 Å². The average molecular weight is 374 g/mol. The summed E-state index contributed by atoms with van der Waals surface area (Å²) >= 11 is 0. The van der Waals surface area contributed by atoms with Crippen LogP contribution in [0.5, 0.6) is 0 Å². The van der Waals surface area contributed by atoms with E-state index < -0.39 is 0 Å². The molecule has 3 heterocycles. The molecule has 3 aromatic rings. The van der Waals surface area contributed by atoms with Crippen LogP contribution in [0.15, 0.2) is 40.9 Å². The van der Waals surface area contributed by atoms with Gasteiger partial charge in [0.05, 0.1) is 16.8 Å². The molecule has 0 N–H and O–H groups in total. The number of amides is 1. The van der Waals surface area contributed by atoms with E-state index in [0.717, 1.165) is 34.3 Å². The number of carbonyl (C=O) groups excluding carboxylic acids is 1. The number of nitrogens with zero attached hydrogens (tertiary/aromatic N) is 4. The van der Waals surface area contributed by atoms with Gasteiger partial charge in [0, 0.05) is 44.2 Å². The van der Waals surface area contributed by atoms with E-state index in [1.807, 2.05) is 49.1 Å². The van der Waals surface area contributed by atoms with Crippen molar-refractivity contribution in [3.05, 3.63) is 59.2 Å². The summed E-state index contributed by atoms with van der Waals surface area (Å²) < 4.78 is 5.73. The predicted octanol–water partition coefficient (Wildman–Crippen LogP) is 3.53. The van der Waals surface area contributed by atoms with Crippen molar-refractivity contribution in [2.24, 2.45) is 0 Å². The van der Waals surface area contributed by atoms with E-state index >= 15 is 0 Å². The summed E-state index contributed by atoms with van der Waals surface area (Å²) in [6.45, 7) is 6.48. The minimum Gasteiger partial charge on any atom is -0.456 e. The summed E-state index contributed by atoms with van der Waals surface area (Å²) in [7, 11) is 0. The Morgan fingerprint density at radius 1 is 1.25 bits per heavy atom. The zero-order valence-electron chi connectivity index (χ0n) is 16.1. The van der Waals surface area contributed by atoms with Gasteiger partial charge >= 0.3 is 0 Å². The Morgan fingerprint density at radius 2 is 2.00 bits per heavy atom. The van der Waals surface area contributed by atoms with Crippen LogP contribution in [0.3, 0.4) is 0 Å². The van der Waals surface area contributed by atoms with Crippen molar-refractivity contribution >= 4 is 22.5 Å². The highest BCUT2D eigenvalue weighted by molar-refractivity contribution is 5.95. The van der Waals surface area contributed by atoms with Crippen LogP contribution >= 0.6 is 0 Å². The lowest BCUT2D eigenvalue weighted by atomic mass is 10.1. The Kier molecular flexibility index (Phi) is 4.74. The molecule has 1 saturated heterocycles. The summed E-state index contributed by atoms with van der Waals surface area (Å²) in [6.07, 6.45) is 2.41. The molecule has 6 nitrogen and oxygen atoms in total. The summed E-state index contributed by atoms with van der Waals surface area (Å²) in [5, 5.41) is 10.5. The molecule has 142 valence electrons. The Hall–Kier alpha value is -3.33. The van der Waals surface area contributed by atoms with Crippen molar-refractivity contribution in [1.29, 1.82) is 5.26 Å². The van der Waals surface area contributed by atoms with Gasteiger partial charge in [-0.25, -0.2) is 0 Å². The molecule has 1 amide bonds. The van der Waals surface area contributed by atoms with Crippen LogP contribution in [0, 0.1) is 18.3 Å². The molecule has 0 radical (unpaired) electrons. The third kappa shape index (κ3) is 3.09. The number of nitriles is 1. The van der Waals surface area contributed by atoms with Crippen molar-refractivity contribution in [2.45, 2.75) is 20.3 Å². The van der Waals surface area contributed by atoms with Crippen LogP contribution in [0.2, 0.25) is 0 Å². The van der Waals surface area contributed by atoms with E-state index in [1.165, 1.54) is 0 Å². The molecule has 0 aliphatic carbocycles. The van der Waals surface area contributed by atoms with Crippen LogP contribution in [0.1, 0.15) is 34.4 Å². The quantitative estimate of drug-likeness (QED) is 0.701. The maximum absolute atomic E-state index is 12.8. The first-order chi connectivity index (χ1) is 13.6. The second kappa shape index (κ2) is 7.35. The fourth-order valence-electron chi connectivity index (χ4n) is 3.81. The Labute approximate surface area is 164 Å². The highest BCUT2D eigenvalue weighted by atomic mass is 16.4. The lowest BCUT2D eigenvalue weighted by Gasteiger charge is -2.36. The number of furan rings is 1. The first kappa shape index (κ1) is 18.1. The molecule has 0 spiro atoms. The molecule has 6 heteroatoms. The van der Waals surface area contributed by atoms with Crippen LogP contribution < -0.4 is 4.90 Å². The minimum absolute atomic E-state index is 0.0671. The molecular weight excluding hydrogens is 352 g/mol. The normalized spacial score (nSPS) is 14.3. The molecule has 1 aliphatic rings. The van der Waals surface area contributed by atoms with Gasteiger partial charge in [-0.15, -0.1) is 0 Å². The fourth-order valence-corrected chi connectivity index (χ4v) is 3.81. The smallest absolute Gasteiger partial charge is 0.289 e. The van der Waals surface area contributed by atoms with Crippen LogP contribution in [-0.2, 0) is 6.42 Å². The number of anilines is 1. The van der Waals surface area contributed by atoms with Gasteiger partial charge in [0.2, 0.25) is 0 Å². The number of fused-ring (bicyclic) bond motifs is 1. The molecule has 0 unspecified atom stereocenters. The number of aromatic nitrogens is 1. The van der Waals surface area contributed by atoms with E-state index in [2.05, 4.69) is 16.0 Å². The minimum atomic E-state index is -0.0671. The molecule has 28 heavy (non-hydrogen) atoms. The molecule has 1 aromatic carbocycles. The third-order valence-corrected chi connectivity index (χ3v) is 5.30. The number of hydrogen-bond acceptors (Lipinski definition) is 5. The van der Waals surface area contributed by atoms with Crippen molar-refractivity contribution in [3.63, 3.8) is 0 Å². The van der Waals surface area contributed by atoms with Crippen LogP contribution in [0.4, 0.5) is 5.69 Å². The van der Waals surface area contributed by atoms with E-state index in [0.29, 0.717) is 37.5 Å². The SMILES string of the molecule is CCc1oc(C(=O)N2CCN(c3c(C#N)cnc4ccccc34)CC2)cc1C. The lowest BCUT2D eigenvalue weighted by Crippen LogP contribution is -2.49. The van der Waals surface area contributed by atoms with Gasteiger partial charge < -0.3 is 14.2 Å². The summed E-state index contributed by atoms with van der Waals surface area (Å²) in [5.41, 5.74) is 3.36. The first-order valence-corrected chi connectivity index (χ1v) is 9.53. The molecule has 1 aliphatic heterocycles. The summed E-state index contributed by atoms with van der Waals surface area (Å²) in [5.74, 6) is 1.21. The Balaban J connectivity index is 1.55. The third-order valence-electron chi connectivity index (χ3n) is 5.30. The number of benzene rings is 1. The zero-order valence-corrected chi connectivity index (χ0v) is 16.1. The van der Waals surface area contributed by atoms with Gasteiger partial charge in [-0.2, -0.15) is 5.26 Å². The highest BCUT2D eigenvalue weighted by Gasteiger charge is 2.27. The maximum Gasteiger partial charge on any atom is 0.289 e. The molecule has 0 saturated carbocycles. The summed E-state index contributed by atoms with van der Waals surface area (Å²) in [4.78, 5) is 21.2. The molecule has 4 rings (SSSR count). The number of pyridine rings is 1. The second-order valence-electron chi connectivity index (χ2n) is 7.00. The van der Waals surface area contributed by atoms with Crippen LogP contribution in [0.25, 0.3) is 10.9 Å². The van der Waals surface area contributed by atoms with Gasteiger partial charge in [-0.05, 0) is 24.6 Å². The lowest BCUT2D eigenvalue weighted by molar-refractivity contribution is 0.0713. The standard InChI is InChI=1S/C22H22N4O2/c1-3-19-15(2)12-20(28-19)22(27)26-10-8-25(9-11-26)21-16(13-23)14-24-18-7-5-4-6-17(18)21/h4-7,12,14H,3,8-11H2,1-2H3. The van der Waals surface area contributed by atoms with Gasteiger partial charge in [0.25, 0.3) is 5.91 Å². The Bertz CT molecular complexity index is 1070. The number of aryl methyl sites for hydroxylation is 2. The molecule has 0 atom stereocenters. The molecule has 0 bridgehead atoms. The van der Waals surface area contributed by atoms with Crippen molar-refractivity contribution in [1.82, 2.24) is 9.88 Å². The van der Waals surface area contributed by atoms with Gasteiger partial charge in [0.15, 0.2) is 5.76 Å². The number of carbonyl (C=O) groups is 1. The predicted molar refractivity (Wildman–Crippen MR) is 107 cm³/mol. The highest BCUT2D eigenvalue weighted by Crippen LogP contribution is 2.30. The second-order valence-corrected chi connectivity index (χ2v) is 7.00. The van der Waals surface area contributed by atoms with Gasteiger partial charge in [0.1, 0.15) is 11.8 Å². The molecule has 1 fully saturated rings. The molecule has 2 aromatic heterocycles. The fraction of sp³-hybridized carbons (Fsp3) is 0.318. The van der Waals surface area contributed by atoms with Crippen LogP contribution in [-0.4, -0.2) is 42.0 Å². The Morgan fingerprint density at radius 3 is 2.68 bits per heavy atom. The number of piperazine rings is 1. The monoisotopic (exact) mass is 374 g/mol. The maximum atomic E-state index is 12.8. The average Bonchev–Trinajstić information content (AvgIpc) is 3.13.